The Morgan fingerprint density at radius 3 is 2.38 bits per heavy atom. The third kappa shape index (κ3) is 5.64. The molecule has 6 aromatic rings. The molecule has 0 bridgehead atoms. The van der Waals surface area contributed by atoms with Gasteiger partial charge in [0.1, 0.15) is 0 Å². The van der Waals surface area contributed by atoms with Crippen LogP contribution in [-0.4, -0.2) is 31.1 Å². The summed E-state index contributed by atoms with van der Waals surface area (Å²) in [4.78, 5) is 64.4. The number of amides is 3. The summed E-state index contributed by atoms with van der Waals surface area (Å²) in [7, 11) is 0. The first-order valence-electron chi connectivity index (χ1n) is 13.7. The fourth-order valence-corrected chi connectivity index (χ4v) is 5.06. The van der Waals surface area contributed by atoms with Crippen LogP contribution < -0.4 is 27.2 Å². The van der Waals surface area contributed by atoms with Crippen LogP contribution in [0.25, 0.3) is 27.5 Å². The first-order chi connectivity index (χ1) is 21.7. The Hall–Kier alpha value is -6.50. The second-order valence-corrected chi connectivity index (χ2v) is 10.2. The molecule has 13 heteroatoms. The summed E-state index contributed by atoms with van der Waals surface area (Å²) in [5, 5.41) is 17.6. The van der Waals surface area contributed by atoms with Gasteiger partial charge in [-0.2, -0.15) is 0 Å². The number of fused-ring (bicyclic) bond motifs is 3. The molecule has 0 aliphatic carbocycles. The summed E-state index contributed by atoms with van der Waals surface area (Å²) >= 11 is 0. The Bertz CT molecular complexity index is 2250. The number of aromatic amines is 1. The van der Waals surface area contributed by atoms with E-state index in [4.69, 9.17) is 0 Å². The number of urea groups is 1. The topological polar surface area (TPSA) is 173 Å². The van der Waals surface area contributed by atoms with Gasteiger partial charge in [0.25, 0.3) is 11.6 Å². The number of anilines is 1. The average molecular weight is 604 g/mol. The molecule has 6 rings (SSSR count). The molecule has 13 nitrogen and oxygen atoms in total. The van der Waals surface area contributed by atoms with Gasteiger partial charge < -0.3 is 20.2 Å². The second kappa shape index (κ2) is 11.6. The Balaban J connectivity index is 1.32. The first kappa shape index (κ1) is 28.6. The van der Waals surface area contributed by atoms with Crippen molar-refractivity contribution in [2.24, 2.45) is 0 Å². The Morgan fingerprint density at radius 1 is 0.933 bits per heavy atom. The van der Waals surface area contributed by atoms with Gasteiger partial charge in [-0.25, -0.2) is 9.47 Å². The number of nitro benzene ring substituents is 1. The van der Waals surface area contributed by atoms with Gasteiger partial charge in [-0.3, -0.25) is 29.9 Å². The van der Waals surface area contributed by atoms with Crippen molar-refractivity contribution < 1.29 is 14.5 Å². The predicted octanol–water partition coefficient (Wildman–Crippen LogP) is 4.56. The first-order valence-corrected chi connectivity index (χ1v) is 13.7. The highest BCUT2D eigenvalue weighted by Gasteiger charge is 2.18. The molecule has 2 heterocycles. The molecule has 0 atom stereocenters. The summed E-state index contributed by atoms with van der Waals surface area (Å²) in [6.45, 7) is 1.94. The SMILES string of the molecule is Cc1ccccc1C(=O)Nn1c(=O)c(=O)[nH]c2c3ccccc3c(-n3ccc(CNC(=O)Nc4ccc([N+](=O)[O-])cc4)c3)cc21. The van der Waals surface area contributed by atoms with Crippen molar-refractivity contribution in [2.75, 3.05) is 10.7 Å². The van der Waals surface area contributed by atoms with Crippen molar-refractivity contribution in [1.29, 1.82) is 0 Å². The lowest BCUT2D eigenvalue weighted by molar-refractivity contribution is -0.384. The molecule has 4 N–H and O–H groups in total. The normalized spacial score (nSPS) is 11.0. The smallest absolute Gasteiger partial charge is 0.334 e. The number of hydrogen-bond acceptors (Lipinski definition) is 6. The molecule has 0 spiro atoms. The molecule has 0 aliphatic heterocycles. The number of carbonyl (C=O) groups excluding carboxylic acids is 2. The number of nitrogens with one attached hydrogen (secondary N) is 4. The number of benzene rings is 4. The summed E-state index contributed by atoms with van der Waals surface area (Å²) in [5.74, 6) is -0.543. The van der Waals surface area contributed by atoms with Gasteiger partial charge in [-0.1, -0.05) is 42.5 Å². The van der Waals surface area contributed by atoms with E-state index in [9.17, 15) is 29.3 Å². The summed E-state index contributed by atoms with van der Waals surface area (Å²) < 4.78 is 2.78. The van der Waals surface area contributed by atoms with E-state index >= 15 is 0 Å². The van der Waals surface area contributed by atoms with Gasteiger partial charge in [0.15, 0.2) is 0 Å². The minimum absolute atomic E-state index is 0.0828. The van der Waals surface area contributed by atoms with Crippen LogP contribution in [0.2, 0.25) is 0 Å². The van der Waals surface area contributed by atoms with Crippen LogP contribution in [0.1, 0.15) is 21.5 Å². The van der Waals surface area contributed by atoms with Crippen LogP contribution in [0.15, 0.2) is 107 Å². The maximum atomic E-state index is 13.2. The van der Waals surface area contributed by atoms with Crippen molar-refractivity contribution in [1.82, 2.24) is 19.5 Å². The molecular weight excluding hydrogens is 578 g/mol. The molecule has 45 heavy (non-hydrogen) atoms. The van der Waals surface area contributed by atoms with Crippen molar-refractivity contribution in [3.05, 3.63) is 145 Å². The van der Waals surface area contributed by atoms with Crippen LogP contribution >= 0.6 is 0 Å². The number of rotatable bonds is 7. The third-order valence-electron chi connectivity index (χ3n) is 7.30. The maximum Gasteiger partial charge on any atom is 0.335 e. The molecule has 0 aliphatic rings. The molecule has 0 saturated carbocycles. The number of hydrogen-bond donors (Lipinski definition) is 4. The van der Waals surface area contributed by atoms with Gasteiger partial charge in [0.05, 0.1) is 21.6 Å². The van der Waals surface area contributed by atoms with E-state index < -0.39 is 28.0 Å². The van der Waals surface area contributed by atoms with E-state index in [2.05, 4.69) is 21.0 Å². The van der Waals surface area contributed by atoms with E-state index in [0.29, 0.717) is 33.4 Å². The maximum absolute atomic E-state index is 13.2. The lowest BCUT2D eigenvalue weighted by atomic mass is 10.1. The number of aryl methyl sites for hydroxylation is 1. The molecular formula is C32H25N7O6. The molecule has 0 fully saturated rings. The zero-order valence-electron chi connectivity index (χ0n) is 23.7. The minimum Gasteiger partial charge on any atom is -0.334 e. The zero-order valence-corrected chi connectivity index (χ0v) is 23.7. The van der Waals surface area contributed by atoms with Gasteiger partial charge in [-0.15, -0.1) is 0 Å². The van der Waals surface area contributed by atoms with Crippen molar-refractivity contribution in [2.45, 2.75) is 13.5 Å². The van der Waals surface area contributed by atoms with E-state index in [1.54, 1.807) is 55.7 Å². The molecule has 4 aromatic carbocycles. The largest absolute Gasteiger partial charge is 0.335 e. The van der Waals surface area contributed by atoms with Crippen LogP contribution in [-0.2, 0) is 6.54 Å². The third-order valence-corrected chi connectivity index (χ3v) is 7.30. The highest BCUT2D eigenvalue weighted by atomic mass is 16.6. The average Bonchev–Trinajstić information content (AvgIpc) is 3.51. The van der Waals surface area contributed by atoms with Crippen LogP contribution in [0, 0.1) is 17.0 Å². The van der Waals surface area contributed by atoms with E-state index in [1.165, 1.54) is 24.3 Å². The number of non-ortho nitro benzene ring substituents is 1. The lowest BCUT2D eigenvalue weighted by Gasteiger charge is -2.16. The number of nitro groups is 1. The Morgan fingerprint density at radius 2 is 1.64 bits per heavy atom. The van der Waals surface area contributed by atoms with Crippen LogP contribution in [0.4, 0.5) is 16.2 Å². The van der Waals surface area contributed by atoms with E-state index in [0.717, 1.165) is 15.6 Å². The number of H-pyrrole nitrogens is 1. The van der Waals surface area contributed by atoms with Gasteiger partial charge in [-0.05, 0) is 48.4 Å². The fraction of sp³-hybridized carbons (Fsp3) is 0.0625. The van der Waals surface area contributed by atoms with Crippen molar-refractivity contribution in [3.63, 3.8) is 0 Å². The number of nitrogens with zero attached hydrogens (tertiary/aromatic N) is 3. The number of aromatic nitrogens is 3. The molecule has 0 saturated heterocycles. The molecule has 224 valence electrons. The monoisotopic (exact) mass is 603 g/mol. The van der Waals surface area contributed by atoms with Crippen LogP contribution in [0.5, 0.6) is 0 Å². The minimum atomic E-state index is -0.943. The second-order valence-electron chi connectivity index (χ2n) is 10.2. The molecule has 0 radical (unpaired) electrons. The standard InChI is InChI=1S/C32H25N7O6/c1-19-6-2-3-7-23(19)29(40)36-38-27-16-26(24-8-4-5-9-25(24)28(27)35-30(41)31(38)42)37-15-14-20(18-37)17-33-32(43)34-21-10-12-22(13-11-21)39(44)45/h2-16,18H,17H2,1H3,(H,35,41)(H,36,40)(H2,33,34,43). The predicted molar refractivity (Wildman–Crippen MR) is 169 cm³/mol. The quantitative estimate of drug-likeness (QED) is 0.0901. The lowest BCUT2D eigenvalue weighted by Crippen LogP contribution is -2.42. The summed E-state index contributed by atoms with van der Waals surface area (Å²) in [5.41, 5.74) is 4.24. The highest BCUT2D eigenvalue weighted by molar-refractivity contribution is 6.09. The fourth-order valence-electron chi connectivity index (χ4n) is 5.06. The van der Waals surface area contributed by atoms with Gasteiger partial charge >= 0.3 is 17.1 Å². The molecule has 0 unspecified atom stereocenters. The van der Waals surface area contributed by atoms with Gasteiger partial charge in [0.2, 0.25) is 0 Å². The van der Waals surface area contributed by atoms with Crippen molar-refractivity contribution >= 4 is 45.1 Å². The molecule has 3 amide bonds. The van der Waals surface area contributed by atoms with E-state index in [-0.39, 0.29) is 17.7 Å². The van der Waals surface area contributed by atoms with Crippen molar-refractivity contribution in [3.8, 4) is 5.69 Å². The Kier molecular flexibility index (Phi) is 7.40. The summed E-state index contributed by atoms with van der Waals surface area (Å²) in [6, 6.07) is 22.7. The van der Waals surface area contributed by atoms with Crippen LogP contribution in [0.3, 0.4) is 0 Å². The highest BCUT2D eigenvalue weighted by Crippen LogP contribution is 2.29. The molecule has 2 aromatic heterocycles. The number of carbonyl (C=O) groups is 2. The van der Waals surface area contributed by atoms with E-state index in [1.807, 2.05) is 28.8 Å². The van der Waals surface area contributed by atoms with Gasteiger partial charge in [0, 0.05) is 53.1 Å². The summed E-state index contributed by atoms with van der Waals surface area (Å²) in [6.07, 6.45) is 3.60. The Labute approximate surface area is 253 Å². The zero-order chi connectivity index (χ0) is 31.7.